The zero-order valence-electron chi connectivity index (χ0n) is 16.3. The van der Waals surface area contributed by atoms with E-state index in [0.717, 1.165) is 31.2 Å². The zero-order chi connectivity index (χ0) is 20.3. The van der Waals surface area contributed by atoms with Gasteiger partial charge in [0.25, 0.3) is 5.91 Å². The van der Waals surface area contributed by atoms with Crippen molar-refractivity contribution in [1.29, 1.82) is 0 Å². The van der Waals surface area contributed by atoms with Crippen LogP contribution in [0.3, 0.4) is 0 Å². The number of halogens is 1. The molecule has 2 aliphatic rings. The third-order valence-corrected chi connectivity index (χ3v) is 5.11. The number of hydrogen-bond acceptors (Lipinski definition) is 4. The molecule has 1 heterocycles. The molecule has 2 aliphatic carbocycles. The van der Waals surface area contributed by atoms with Crippen LogP contribution in [0.1, 0.15) is 67.9 Å². The van der Waals surface area contributed by atoms with E-state index >= 15 is 0 Å². The largest absolute Gasteiger partial charge is 0.490 e. The van der Waals surface area contributed by atoms with Gasteiger partial charge in [0.2, 0.25) is 5.91 Å². The third-order valence-electron chi connectivity index (χ3n) is 5.11. The molecule has 1 aromatic heterocycles. The van der Waals surface area contributed by atoms with Crippen LogP contribution in [-0.4, -0.2) is 41.5 Å². The summed E-state index contributed by atoms with van der Waals surface area (Å²) in [7, 11) is 0. The van der Waals surface area contributed by atoms with Gasteiger partial charge in [0.05, 0.1) is 5.54 Å². The first-order chi connectivity index (χ1) is 13.3. The normalized spacial score (nSPS) is 19.0. The minimum Gasteiger partial charge on any atom is -0.490 e. The van der Waals surface area contributed by atoms with Crippen molar-refractivity contribution in [1.82, 2.24) is 10.3 Å². The Morgan fingerprint density at radius 2 is 2.11 bits per heavy atom. The van der Waals surface area contributed by atoms with Gasteiger partial charge < -0.3 is 15.8 Å². The molecule has 1 atom stereocenters. The van der Waals surface area contributed by atoms with Crippen LogP contribution in [0.4, 0.5) is 4.39 Å². The molecule has 2 saturated carbocycles. The Bertz CT molecular complexity index is 790. The van der Waals surface area contributed by atoms with Gasteiger partial charge in [-0.15, -0.1) is 0 Å². The van der Waals surface area contributed by atoms with Gasteiger partial charge in [-0.05, 0) is 38.0 Å². The summed E-state index contributed by atoms with van der Waals surface area (Å²) in [5.74, 6) is 0.538. The third kappa shape index (κ3) is 5.05. The van der Waals surface area contributed by atoms with Gasteiger partial charge >= 0.3 is 0 Å². The first-order valence-corrected chi connectivity index (χ1v) is 9.69. The molecule has 0 aromatic carbocycles. The minimum absolute atomic E-state index is 0.0671. The molecule has 152 valence electrons. The van der Waals surface area contributed by atoms with E-state index in [1.54, 1.807) is 19.2 Å². The average Bonchev–Trinajstić information content (AvgIpc) is 3.53. The second-order valence-electron chi connectivity index (χ2n) is 7.87. The van der Waals surface area contributed by atoms with Crippen LogP contribution in [0, 0.1) is 5.92 Å². The van der Waals surface area contributed by atoms with Crippen molar-refractivity contribution in [3.05, 3.63) is 23.5 Å². The van der Waals surface area contributed by atoms with Crippen LogP contribution in [0.15, 0.2) is 17.3 Å². The van der Waals surface area contributed by atoms with Gasteiger partial charge in [-0.3, -0.25) is 14.6 Å². The first kappa shape index (κ1) is 20.2. The number of nitrogens with two attached hydrogens (primary N) is 1. The van der Waals surface area contributed by atoms with E-state index in [2.05, 4.69) is 15.3 Å². The molecule has 0 spiro atoms. The van der Waals surface area contributed by atoms with Crippen LogP contribution in [-0.2, 0) is 4.79 Å². The lowest BCUT2D eigenvalue weighted by molar-refractivity contribution is -0.115. The molecular weight excluding hydrogens is 363 g/mol. The van der Waals surface area contributed by atoms with Crippen molar-refractivity contribution < 1.29 is 18.7 Å². The van der Waals surface area contributed by atoms with E-state index in [-0.39, 0.29) is 18.1 Å². The lowest BCUT2D eigenvalue weighted by Crippen LogP contribution is -2.56. The number of amidine groups is 1. The Morgan fingerprint density at radius 3 is 2.68 bits per heavy atom. The SMILES string of the molecule is CC(=O)N=C(N)C(C)(CC1CC1)NC(=O)c1cc(OCCF)c(C2CC2)cn1. The molecule has 7 nitrogen and oxygen atoms in total. The number of rotatable bonds is 9. The van der Waals surface area contributed by atoms with Gasteiger partial charge in [-0.1, -0.05) is 12.8 Å². The summed E-state index contributed by atoms with van der Waals surface area (Å²) in [6.45, 7) is 2.41. The maximum absolute atomic E-state index is 12.9. The van der Waals surface area contributed by atoms with Crippen molar-refractivity contribution >= 4 is 17.6 Å². The number of hydrogen-bond donors (Lipinski definition) is 2. The fourth-order valence-electron chi connectivity index (χ4n) is 3.27. The number of carbonyl (C=O) groups is 2. The van der Waals surface area contributed by atoms with Crippen LogP contribution in [0.2, 0.25) is 0 Å². The Balaban J connectivity index is 1.81. The summed E-state index contributed by atoms with van der Waals surface area (Å²) in [5, 5.41) is 2.89. The Labute approximate surface area is 164 Å². The van der Waals surface area contributed by atoms with Gasteiger partial charge in [-0.25, -0.2) is 4.39 Å². The molecule has 0 saturated heterocycles. The molecule has 28 heavy (non-hydrogen) atoms. The number of nitrogens with zero attached hydrogens (tertiary/aromatic N) is 2. The molecule has 3 rings (SSSR count). The number of amides is 2. The predicted octanol–water partition coefficient (Wildman–Crippen LogP) is 2.50. The van der Waals surface area contributed by atoms with Crippen molar-refractivity contribution in [3.8, 4) is 5.75 Å². The molecule has 0 radical (unpaired) electrons. The van der Waals surface area contributed by atoms with E-state index in [1.165, 1.54) is 6.92 Å². The fraction of sp³-hybridized carbons (Fsp3) is 0.600. The van der Waals surface area contributed by atoms with Gasteiger partial charge in [0.1, 0.15) is 30.6 Å². The van der Waals surface area contributed by atoms with Crippen molar-refractivity contribution in [2.45, 2.75) is 57.4 Å². The number of alkyl halides is 1. The summed E-state index contributed by atoms with van der Waals surface area (Å²) in [5.41, 5.74) is 6.18. The molecule has 8 heteroatoms. The quantitative estimate of drug-likeness (QED) is 0.498. The number of aliphatic imine (C=N–C) groups is 1. The number of pyridine rings is 1. The van der Waals surface area contributed by atoms with Gasteiger partial charge in [-0.2, -0.15) is 4.99 Å². The van der Waals surface area contributed by atoms with Crippen molar-refractivity contribution in [2.24, 2.45) is 16.6 Å². The highest BCUT2D eigenvalue weighted by atomic mass is 19.1. The fourth-order valence-corrected chi connectivity index (χ4v) is 3.27. The average molecular weight is 390 g/mol. The standard InChI is InChI=1S/C20H27FN4O3/c1-12(26)24-19(22)20(2,10-13-3-4-13)25-18(27)16-9-17(28-8-7-21)15(11-23-16)14-5-6-14/h9,11,13-14H,3-8,10H2,1-2H3,(H,25,27)(H2,22,24,26). The van der Waals surface area contributed by atoms with Crippen LogP contribution in [0.5, 0.6) is 5.75 Å². The summed E-state index contributed by atoms with van der Waals surface area (Å²) in [4.78, 5) is 32.4. The molecule has 2 amide bonds. The van der Waals surface area contributed by atoms with E-state index in [4.69, 9.17) is 10.5 Å². The highest BCUT2D eigenvalue weighted by Gasteiger charge is 2.38. The molecule has 0 bridgehead atoms. The van der Waals surface area contributed by atoms with Crippen LogP contribution < -0.4 is 15.8 Å². The van der Waals surface area contributed by atoms with E-state index in [9.17, 15) is 14.0 Å². The minimum atomic E-state index is -0.944. The van der Waals surface area contributed by atoms with Crippen LogP contribution in [0.25, 0.3) is 0 Å². The van der Waals surface area contributed by atoms with E-state index < -0.39 is 24.0 Å². The summed E-state index contributed by atoms with van der Waals surface area (Å²) in [6, 6.07) is 1.55. The molecule has 1 aromatic rings. The highest BCUT2D eigenvalue weighted by Crippen LogP contribution is 2.44. The van der Waals surface area contributed by atoms with Crippen molar-refractivity contribution in [3.63, 3.8) is 0 Å². The second-order valence-corrected chi connectivity index (χ2v) is 7.87. The van der Waals surface area contributed by atoms with Gasteiger partial charge in [0.15, 0.2) is 0 Å². The zero-order valence-corrected chi connectivity index (χ0v) is 16.3. The summed E-state index contributed by atoms with van der Waals surface area (Å²) < 4.78 is 18.0. The Hall–Kier alpha value is -2.51. The van der Waals surface area contributed by atoms with Crippen molar-refractivity contribution in [2.75, 3.05) is 13.3 Å². The Kier molecular flexibility index (Phi) is 5.96. The highest BCUT2D eigenvalue weighted by molar-refractivity contribution is 6.02. The van der Waals surface area contributed by atoms with Crippen LogP contribution >= 0.6 is 0 Å². The van der Waals surface area contributed by atoms with E-state index in [0.29, 0.717) is 24.0 Å². The first-order valence-electron chi connectivity index (χ1n) is 9.69. The monoisotopic (exact) mass is 390 g/mol. The molecule has 3 N–H and O–H groups in total. The second kappa shape index (κ2) is 8.24. The Morgan fingerprint density at radius 1 is 1.39 bits per heavy atom. The predicted molar refractivity (Wildman–Crippen MR) is 103 cm³/mol. The number of nitrogens with one attached hydrogen (secondary N) is 1. The summed E-state index contributed by atoms with van der Waals surface area (Å²) in [6.07, 6.45) is 6.44. The molecule has 0 aliphatic heterocycles. The summed E-state index contributed by atoms with van der Waals surface area (Å²) >= 11 is 0. The smallest absolute Gasteiger partial charge is 0.270 e. The number of carbonyl (C=O) groups excluding carboxylic acids is 2. The number of ether oxygens (including phenoxy) is 1. The lowest BCUT2D eigenvalue weighted by Gasteiger charge is -2.30. The van der Waals surface area contributed by atoms with Gasteiger partial charge in [0, 0.05) is 24.8 Å². The lowest BCUT2D eigenvalue weighted by atomic mass is 9.92. The topological polar surface area (TPSA) is 107 Å². The maximum atomic E-state index is 12.9. The molecular formula is C20H27FN4O3. The number of aromatic nitrogens is 1. The molecule has 1 unspecified atom stereocenters. The maximum Gasteiger partial charge on any atom is 0.270 e. The molecule has 2 fully saturated rings. The van der Waals surface area contributed by atoms with E-state index in [1.807, 2.05) is 0 Å².